The van der Waals surface area contributed by atoms with Gasteiger partial charge in [-0.1, -0.05) is 25.6 Å². The van der Waals surface area contributed by atoms with Gasteiger partial charge in [0, 0.05) is 22.2 Å². The Hall–Kier alpha value is 0.540. The number of piperidine rings is 2. The molecule has 0 unspecified atom stereocenters. The molecular weight excluding hydrogens is 364 g/mol. The maximum atomic E-state index is 6.21. The summed E-state index contributed by atoms with van der Waals surface area (Å²) >= 11 is 9.45. The zero-order valence-corrected chi connectivity index (χ0v) is 19.8. The largest absolute Gasteiger partial charge is 0.376 e. The monoisotopic (exact) mass is 404 g/mol. The Balaban J connectivity index is 1.80. The lowest BCUT2D eigenvalue weighted by Gasteiger charge is -2.52. The van der Waals surface area contributed by atoms with Crippen LogP contribution in [0.25, 0.3) is 0 Å². The van der Waals surface area contributed by atoms with E-state index in [0.717, 1.165) is 25.7 Å². The van der Waals surface area contributed by atoms with Crippen molar-refractivity contribution in [3.05, 3.63) is 0 Å². The molecular formula is C20H40N2O2S2. The molecule has 154 valence electrons. The van der Waals surface area contributed by atoms with Crippen molar-refractivity contribution in [3.63, 3.8) is 0 Å². The van der Waals surface area contributed by atoms with Crippen LogP contribution in [0.5, 0.6) is 0 Å². The Morgan fingerprint density at radius 3 is 1.08 bits per heavy atom. The summed E-state index contributed by atoms with van der Waals surface area (Å²) in [4.78, 5) is 0. The maximum Gasteiger partial charge on any atom is 0.0704 e. The van der Waals surface area contributed by atoms with E-state index in [1.165, 1.54) is 0 Å². The summed E-state index contributed by atoms with van der Waals surface area (Å²) in [5.74, 6) is 0. The number of hydrogen-bond donors (Lipinski definition) is 2. The highest BCUT2D eigenvalue weighted by atomic mass is 32.1. The first kappa shape index (κ1) is 22.8. The normalized spacial score (nSPS) is 29.8. The summed E-state index contributed by atoms with van der Waals surface area (Å²) < 4.78 is 16.8. The Kier molecular flexibility index (Phi) is 6.81. The van der Waals surface area contributed by atoms with E-state index < -0.39 is 0 Å². The summed E-state index contributed by atoms with van der Waals surface area (Å²) in [6.45, 7) is 19.2. The predicted molar refractivity (Wildman–Crippen MR) is 116 cm³/mol. The molecule has 0 atom stereocenters. The minimum absolute atomic E-state index is 0.0316. The highest BCUT2D eigenvalue weighted by molar-refractivity contribution is 7.78. The summed E-state index contributed by atoms with van der Waals surface area (Å²) in [5, 5.41) is 0. The fourth-order valence-corrected chi connectivity index (χ4v) is 5.35. The molecule has 6 heteroatoms. The van der Waals surface area contributed by atoms with E-state index in [2.05, 4.69) is 64.0 Å². The first-order chi connectivity index (χ1) is 11.7. The number of rotatable bonds is 5. The van der Waals surface area contributed by atoms with Crippen molar-refractivity contribution in [1.29, 1.82) is 0 Å². The molecule has 2 rings (SSSR count). The molecule has 0 aromatic heterocycles. The fourth-order valence-electron chi connectivity index (χ4n) is 5.02. The zero-order valence-electron chi connectivity index (χ0n) is 18.0. The first-order valence-electron chi connectivity index (χ1n) is 9.89. The fraction of sp³-hybridized carbons (Fsp3) is 1.00. The van der Waals surface area contributed by atoms with Crippen LogP contribution < -0.4 is 0 Å². The van der Waals surface area contributed by atoms with E-state index in [9.17, 15) is 0 Å². The van der Waals surface area contributed by atoms with E-state index in [-0.39, 0.29) is 34.4 Å². The van der Waals surface area contributed by atoms with Crippen molar-refractivity contribution < 1.29 is 9.47 Å². The molecule has 2 saturated heterocycles. The third-order valence-corrected chi connectivity index (χ3v) is 8.16. The summed E-state index contributed by atoms with van der Waals surface area (Å²) in [6, 6.07) is 0. The van der Waals surface area contributed by atoms with Gasteiger partial charge in [-0.05, 0) is 81.1 Å². The molecule has 26 heavy (non-hydrogen) atoms. The van der Waals surface area contributed by atoms with Gasteiger partial charge in [-0.2, -0.15) is 0 Å². The Labute approximate surface area is 172 Å². The van der Waals surface area contributed by atoms with Crippen molar-refractivity contribution in [1.82, 2.24) is 8.61 Å². The molecule has 0 bridgehead atoms. The van der Waals surface area contributed by atoms with Gasteiger partial charge in [-0.3, -0.25) is 0 Å². The summed E-state index contributed by atoms with van der Waals surface area (Å²) in [6.07, 6.45) is 4.52. The van der Waals surface area contributed by atoms with Crippen molar-refractivity contribution in [2.45, 2.75) is 115 Å². The molecule has 2 aliphatic heterocycles. The average Bonchev–Trinajstić information content (AvgIpc) is 2.45. The summed E-state index contributed by atoms with van der Waals surface area (Å²) in [7, 11) is 0. The smallest absolute Gasteiger partial charge is 0.0704 e. The van der Waals surface area contributed by atoms with Gasteiger partial charge in [0.05, 0.1) is 25.4 Å². The van der Waals surface area contributed by atoms with Crippen molar-refractivity contribution in [2.24, 2.45) is 0 Å². The number of hydrogen-bond acceptors (Lipinski definition) is 6. The van der Waals surface area contributed by atoms with Crippen LogP contribution >= 0.6 is 25.6 Å². The van der Waals surface area contributed by atoms with Gasteiger partial charge in [-0.15, -0.1) is 0 Å². The third kappa shape index (κ3) is 5.12. The molecule has 0 aromatic rings. The third-order valence-electron chi connectivity index (χ3n) is 5.99. The van der Waals surface area contributed by atoms with Gasteiger partial charge in [0.15, 0.2) is 0 Å². The molecule has 0 N–H and O–H groups in total. The highest BCUT2D eigenvalue weighted by Crippen LogP contribution is 2.42. The average molecular weight is 405 g/mol. The van der Waals surface area contributed by atoms with Crippen LogP contribution in [-0.2, 0) is 9.47 Å². The van der Waals surface area contributed by atoms with Crippen LogP contribution in [0.15, 0.2) is 0 Å². The minimum Gasteiger partial charge on any atom is -0.376 e. The Morgan fingerprint density at radius 2 is 0.846 bits per heavy atom. The van der Waals surface area contributed by atoms with Gasteiger partial charge in [0.2, 0.25) is 0 Å². The minimum atomic E-state index is 0.0316. The van der Waals surface area contributed by atoms with Crippen molar-refractivity contribution in [3.8, 4) is 0 Å². The lowest BCUT2D eigenvalue weighted by molar-refractivity contribution is -0.0992. The lowest BCUT2D eigenvalue weighted by atomic mass is 9.80. The SMILES string of the molecule is CC1(C)CC(OCCOC2CC(C)(C)N(S)C(C)(C)C2)CC(C)(C)N1S. The van der Waals surface area contributed by atoms with Gasteiger partial charge in [0.25, 0.3) is 0 Å². The van der Waals surface area contributed by atoms with Gasteiger partial charge >= 0.3 is 0 Å². The molecule has 0 spiro atoms. The second kappa shape index (κ2) is 7.75. The second-order valence-corrected chi connectivity index (χ2v) is 11.5. The molecule has 4 nitrogen and oxygen atoms in total. The van der Waals surface area contributed by atoms with Crippen LogP contribution in [0.1, 0.15) is 81.1 Å². The second-order valence-electron chi connectivity index (χ2n) is 10.7. The molecule has 2 heterocycles. The van der Waals surface area contributed by atoms with E-state index in [1.54, 1.807) is 0 Å². The molecule has 0 aliphatic carbocycles. The topological polar surface area (TPSA) is 24.9 Å². The van der Waals surface area contributed by atoms with E-state index in [0.29, 0.717) is 13.2 Å². The van der Waals surface area contributed by atoms with Crippen molar-refractivity contribution >= 4 is 25.6 Å². The lowest BCUT2D eigenvalue weighted by Crippen LogP contribution is -2.58. The molecule has 2 aliphatic rings. The Morgan fingerprint density at radius 1 is 0.615 bits per heavy atom. The molecule has 0 radical (unpaired) electrons. The first-order valence-corrected chi connectivity index (χ1v) is 10.7. The van der Waals surface area contributed by atoms with Gasteiger partial charge in [0.1, 0.15) is 0 Å². The highest BCUT2D eigenvalue weighted by Gasteiger charge is 2.45. The Bertz CT molecular complexity index is 414. The predicted octanol–water partition coefficient (Wildman–Crippen LogP) is 4.75. The van der Waals surface area contributed by atoms with Gasteiger partial charge in [-0.25, -0.2) is 8.61 Å². The van der Waals surface area contributed by atoms with Crippen LogP contribution in [-0.4, -0.2) is 56.2 Å². The van der Waals surface area contributed by atoms with Crippen molar-refractivity contribution in [2.75, 3.05) is 13.2 Å². The molecule has 0 aromatic carbocycles. The standard InChI is InChI=1S/C20H40N2O2S2/c1-17(2)11-15(12-18(3,4)21(17)25)23-9-10-24-16-13-19(5,6)22(26)20(7,8)14-16/h15-16,25-26H,9-14H2,1-8H3. The van der Waals surface area contributed by atoms with Crippen LogP contribution in [0.2, 0.25) is 0 Å². The van der Waals surface area contributed by atoms with Crippen LogP contribution in [0.4, 0.5) is 0 Å². The summed E-state index contributed by atoms with van der Waals surface area (Å²) in [5.41, 5.74) is 0.126. The van der Waals surface area contributed by atoms with Crippen LogP contribution in [0.3, 0.4) is 0 Å². The number of ether oxygens (including phenoxy) is 2. The van der Waals surface area contributed by atoms with E-state index >= 15 is 0 Å². The van der Waals surface area contributed by atoms with E-state index in [1.807, 2.05) is 0 Å². The number of nitrogens with zero attached hydrogens (tertiary/aromatic N) is 2. The van der Waals surface area contributed by atoms with Crippen LogP contribution in [0, 0.1) is 0 Å². The zero-order chi connectivity index (χ0) is 20.0. The quantitative estimate of drug-likeness (QED) is 0.510. The molecule has 0 amide bonds. The van der Waals surface area contributed by atoms with Gasteiger partial charge < -0.3 is 9.47 Å². The molecule has 0 saturated carbocycles. The maximum absolute atomic E-state index is 6.21. The number of thiol groups is 2. The molecule has 2 fully saturated rings. The van der Waals surface area contributed by atoms with E-state index in [4.69, 9.17) is 35.1 Å².